The summed E-state index contributed by atoms with van der Waals surface area (Å²) in [6.45, 7) is 2.86. The fraction of sp³-hybridized carbons (Fsp3) is 0.231. The molecule has 82 valence electrons. The van der Waals surface area contributed by atoms with Crippen LogP contribution in [-0.4, -0.2) is 24.9 Å². The number of carbonyl (C=O) groups is 1. The van der Waals surface area contributed by atoms with Gasteiger partial charge < -0.3 is 4.90 Å². The summed E-state index contributed by atoms with van der Waals surface area (Å²) in [4.78, 5) is 17.5. The van der Waals surface area contributed by atoms with Gasteiger partial charge in [0.15, 0.2) is 6.29 Å². The predicted molar refractivity (Wildman–Crippen MR) is 66.1 cm³/mol. The van der Waals surface area contributed by atoms with E-state index in [-0.39, 0.29) is 0 Å². The molecule has 1 aromatic heterocycles. The van der Waals surface area contributed by atoms with Crippen molar-refractivity contribution in [3.05, 3.63) is 35.9 Å². The van der Waals surface area contributed by atoms with Crippen molar-refractivity contribution in [1.82, 2.24) is 4.98 Å². The number of hydrogen-bond donors (Lipinski definition) is 0. The first-order chi connectivity index (χ1) is 7.76. The van der Waals surface area contributed by atoms with Crippen molar-refractivity contribution in [3.63, 3.8) is 0 Å². The number of anilines is 1. The van der Waals surface area contributed by atoms with E-state index in [9.17, 15) is 4.79 Å². The maximum atomic E-state index is 11.0. The highest BCUT2D eigenvalue weighted by Crippen LogP contribution is 2.21. The lowest BCUT2D eigenvalue weighted by Crippen LogP contribution is -2.19. The number of pyridine rings is 1. The standard InChI is InChI=1S/C13H14N2O/c1-3-15(2)13-11(9-16)8-10-6-4-5-7-12(10)14-13/h4-9H,3H2,1-2H3. The van der Waals surface area contributed by atoms with Crippen LogP contribution in [0.25, 0.3) is 10.9 Å². The monoisotopic (exact) mass is 214 g/mol. The molecule has 0 saturated carbocycles. The van der Waals surface area contributed by atoms with Crippen LogP contribution in [0.3, 0.4) is 0 Å². The van der Waals surface area contributed by atoms with E-state index in [0.29, 0.717) is 5.56 Å². The molecule has 2 aromatic rings. The SMILES string of the molecule is CCN(C)c1nc2ccccc2cc1C=O. The third-order valence-corrected chi connectivity index (χ3v) is 2.70. The molecule has 2 rings (SSSR count). The molecule has 0 bridgehead atoms. The normalized spacial score (nSPS) is 10.4. The first-order valence-electron chi connectivity index (χ1n) is 5.32. The molecule has 1 heterocycles. The molecule has 0 radical (unpaired) electrons. The van der Waals surface area contributed by atoms with Gasteiger partial charge in [-0.25, -0.2) is 4.98 Å². The zero-order valence-corrected chi connectivity index (χ0v) is 9.47. The van der Waals surface area contributed by atoms with E-state index in [0.717, 1.165) is 29.6 Å². The maximum Gasteiger partial charge on any atom is 0.153 e. The third-order valence-electron chi connectivity index (χ3n) is 2.70. The number of aromatic nitrogens is 1. The van der Waals surface area contributed by atoms with Gasteiger partial charge in [-0.05, 0) is 19.1 Å². The average Bonchev–Trinajstić information content (AvgIpc) is 2.36. The highest BCUT2D eigenvalue weighted by atomic mass is 16.1. The molecule has 0 aliphatic rings. The van der Waals surface area contributed by atoms with Crippen molar-refractivity contribution in [2.75, 3.05) is 18.5 Å². The van der Waals surface area contributed by atoms with E-state index in [1.54, 1.807) is 0 Å². The summed E-state index contributed by atoms with van der Waals surface area (Å²) >= 11 is 0. The van der Waals surface area contributed by atoms with Crippen LogP contribution in [0.2, 0.25) is 0 Å². The van der Waals surface area contributed by atoms with E-state index in [2.05, 4.69) is 4.98 Å². The Morgan fingerprint density at radius 1 is 1.38 bits per heavy atom. The minimum Gasteiger partial charge on any atom is -0.359 e. The molecule has 0 spiro atoms. The Morgan fingerprint density at radius 3 is 2.81 bits per heavy atom. The maximum absolute atomic E-state index is 11.0. The average molecular weight is 214 g/mol. The number of nitrogens with zero attached hydrogens (tertiary/aromatic N) is 2. The minimum absolute atomic E-state index is 0.642. The van der Waals surface area contributed by atoms with Gasteiger partial charge in [-0.2, -0.15) is 0 Å². The number of para-hydroxylation sites is 1. The van der Waals surface area contributed by atoms with Crippen LogP contribution < -0.4 is 4.90 Å². The Balaban J connectivity index is 2.67. The van der Waals surface area contributed by atoms with Gasteiger partial charge in [0.05, 0.1) is 11.1 Å². The highest BCUT2D eigenvalue weighted by molar-refractivity contribution is 5.91. The van der Waals surface area contributed by atoms with Crippen molar-refractivity contribution in [3.8, 4) is 0 Å². The number of aldehydes is 1. The Kier molecular flexibility index (Phi) is 2.86. The molecule has 0 aliphatic carbocycles. The molecule has 1 aromatic carbocycles. The quantitative estimate of drug-likeness (QED) is 0.736. The molecule has 0 fully saturated rings. The van der Waals surface area contributed by atoms with Crippen molar-refractivity contribution >= 4 is 23.0 Å². The highest BCUT2D eigenvalue weighted by Gasteiger charge is 2.08. The van der Waals surface area contributed by atoms with Gasteiger partial charge in [0.2, 0.25) is 0 Å². The van der Waals surface area contributed by atoms with Crippen LogP contribution >= 0.6 is 0 Å². The fourth-order valence-corrected chi connectivity index (χ4v) is 1.66. The van der Waals surface area contributed by atoms with Gasteiger partial charge in [-0.1, -0.05) is 18.2 Å². The van der Waals surface area contributed by atoms with Gasteiger partial charge in [0.25, 0.3) is 0 Å². The smallest absolute Gasteiger partial charge is 0.153 e. The van der Waals surface area contributed by atoms with Crippen molar-refractivity contribution in [2.45, 2.75) is 6.92 Å². The largest absolute Gasteiger partial charge is 0.359 e. The van der Waals surface area contributed by atoms with Crippen LogP contribution in [-0.2, 0) is 0 Å². The second-order valence-electron chi connectivity index (χ2n) is 3.73. The van der Waals surface area contributed by atoms with Crippen LogP contribution in [0, 0.1) is 0 Å². The summed E-state index contributed by atoms with van der Waals surface area (Å²) < 4.78 is 0. The lowest BCUT2D eigenvalue weighted by molar-refractivity contribution is 0.112. The van der Waals surface area contributed by atoms with E-state index < -0.39 is 0 Å². The van der Waals surface area contributed by atoms with Gasteiger partial charge in [-0.15, -0.1) is 0 Å². The van der Waals surface area contributed by atoms with E-state index in [4.69, 9.17) is 0 Å². The molecular formula is C13H14N2O. The van der Waals surface area contributed by atoms with Crippen LogP contribution in [0.1, 0.15) is 17.3 Å². The molecule has 0 atom stereocenters. The lowest BCUT2D eigenvalue weighted by Gasteiger charge is -2.17. The number of rotatable bonds is 3. The Labute approximate surface area is 94.7 Å². The molecule has 0 unspecified atom stereocenters. The molecule has 0 N–H and O–H groups in total. The van der Waals surface area contributed by atoms with Gasteiger partial charge >= 0.3 is 0 Å². The van der Waals surface area contributed by atoms with E-state index >= 15 is 0 Å². The molecule has 3 nitrogen and oxygen atoms in total. The molecule has 0 saturated heterocycles. The first-order valence-corrected chi connectivity index (χ1v) is 5.32. The summed E-state index contributed by atoms with van der Waals surface area (Å²) in [6.07, 6.45) is 0.862. The van der Waals surface area contributed by atoms with Crippen molar-refractivity contribution in [1.29, 1.82) is 0 Å². The Morgan fingerprint density at radius 2 is 2.12 bits per heavy atom. The summed E-state index contributed by atoms with van der Waals surface area (Å²) in [5.41, 5.74) is 1.56. The molecule has 0 aliphatic heterocycles. The van der Waals surface area contributed by atoms with E-state index in [1.807, 2.05) is 49.2 Å². The zero-order valence-electron chi connectivity index (χ0n) is 9.47. The molecule has 16 heavy (non-hydrogen) atoms. The summed E-state index contributed by atoms with van der Waals surface area (Å²) in [6, 6.07) is 9.70. The molecular weight excluding hydrogens is 200 g/mol. The Bertz CT molecular complexity index is 522. The second-order valence-corrected chi connectivity index (χ2v) is 3.73. The van der Waals surface area contributed by atoms with E-state index in [1.165, 1.54) is 0 Å². The lowest BCUT2D eigenvalue weighted by atomic mass is 10.1. The number of fused-ring (bicyclic) bond motifs is 1. The number of carbonyl (C=O) groups excluding carboxylic acids is 1. The van der Waals surface area contributed by atoms with Gasteiger partial charge in [0, 0.05) is 19.0 Å². The minimum atomic E-state index is 0.642. The molecule has 3 heteroatoms. The zero-order chi connectivity index (χ0) is 11.5. The summed E-state index contributed by atoms with van der Waals surface area (Å²) in [7, 11) is 1.93. The Hall–Kier alpha value is -1.90. The van der Waals surface area contributed by atoms with Crippen LogP contribution in [0.5, 0.6) is 0 Å². The fourth-order valence-electron chi connectivity index (χ4n) is 1.66. The number of benzene rings is 1. The second kappa shape index (κ2) is 4.31. The summed E-state index contributed by atoms with van der Waals surface area (Å²) in [5.74, 6) is 0.746. The van der Waals surface area contributed by atoms with Crippen LogP contribution in [0.4, 0.5) is 5.82 Å². The van der Waals surface area contributed by atoms with Gasteiger partial charge in [-0.3, -0.25) is 4.79 Å². The summed E-state index contributed by atoms with van der Waals surface area (Å²) in [5, 5.41) is 0.998. The first kappa shape index (κ1) is 10.6. The van der Waals surface area contributed by atoms with Crippen LogP contribution in [0.15, 0.2) is 30.3 Å². The van der Waals surface area contributed by atoms with Gasteiger partial charge in [0.1, 0.15) is 5.82 Å². The predicted octanol–water partition coefficient (Wildman–Crippen LogP) is 2.50. The molecule has 0 amide bonds. The third kappa shape index (κ3) is 1.76. The van der Waals surface area contributed by atoms with Crippen molar-refractivity contribution in [2.24, 2.45) is 0 Å². The van der Waals surface area contributed by atoms with Crippen molar-refractivity contribution < 1.29 is 4.79 Å². The topological polar surface area (TPSA) is 33.2 Å². The number of hydrogen-bond acceptors (Lipinski definition) is 3.